The second kappa shape index (κ2) is 13.3. The highest BCUT2D eigenvalue weighted by molar-refractivity contribution is 7.90. The molecule has 0 saturated heterocycles. The van der Waals surface area contributed by atoms with Crippen molar-refractivity contribution in [2.45, 2.75) is 59.5 Å². The Labute approximate surface area is 246 Å². The van der Waals surface area contributed by atoms with Gasteiger partial charge in [0.25, 0.3) is 0 Å². The number of benzene rings is 3. The van der Waals surface area contributed by atoms with Crippen LogP contribution in [-0.2, 0) is 42.1 Å². The summed E-state index contributed by atoms with van der Waals surface area (Å²) in [6, 6.07) is 16.9. The Kier molecular flexibility index (Phi) is 9.78. The fourth-order valence-corrected chi connectivity index (χ4v) is 5.50. The first-order valence-corrected chi connectivity index (χ1v) is 15.7. The Hall–Kier alpha value is -4.05. The normalized spacial score (nSPS) is 15.8. The van der Waals surface area contributed by atoms with Gasteiger partial charge in [0, 0.05) is 37.3 Å². The van der Waals surface area contributed by atoms with Crippen LogP contribution in [0.5, 0.6) is 17.2 Å². The summed E-state index contributed by atoms with van der Waals surface area (Å²) in [4.78, 5) is 23.2. The van der Waals surface area contributed by atoms with Crippen LogP contribution >= 0.6 is 0 Å². The molecule has 0 aromatic heterocycles. The van der Waals surface area contributed by atoms with Crippen LogP contribution in [0.2, 0.25) is 0 Å². The van der Waals surface area contributed by atoms with Crippen LogP contribution < -0.4 is 14.2 Å². The van der Waals surface area contributed by atoms with E-state index in [1.54, 1.807) is 6.07 Å². The van der Waals surface area contributed by atoms with Crippen molar-refractivity contribution in [3.63, 3.8) is 0 Å². The highest BCUT2D eigenvalue weighted by Crippen LogP contribution is 2.41. The van der Waals surface area contributed by atoms with Gasteiger partial charge in [-0.25, -0.2) is 8.42 Å². The predicted octanol–water partition coefficient (Wildman–Crippen LogP) is 5.50. The third kappa shape index (κ3) is 8.03. The number of carbonyl (C=O) groups is 2. The third-order valence-corrected chi connectivity index (χ3v) is 7.86. The first kappa shape index (κ1) is 30.9. The molecule has 0 saturated carbocycles. The zero-order valence-corrected chi connectivity index (χ0v) is 25.3. The summed E-state index contributed by atoms with van der Waals surface area (Å²) >= 11 is 0. The van der Waals surface area contributed by atoms with Crippen LogP contribution in [0.25, 0.3) is 11.1 Å². The predicted molar refractivity (Wildman–Crippen MR) is 157 cm³/mol. The van der Waals surface area contributed by atoms with Gasteiger partial charge in [-0.3, -0.25) is 9.59 Å². The van der Waals surface area contributed by atoms with Gasteiger partial charge in [-0.1, -0.05) is 24.3 Å². The van der Waals surface area contributed by atoms with Crippen molar-refractivity contribution >= 4 is 21.8 Å². The summed E-state index contributed by atoms with van der Waals surface area (Å²) in [5.41, 5.74) is 5.25. The number of carbonyl (C=O) groups excluding carboxylic acids is 2. The van der Waals surface area contributed by atoms with Gasteiger partial charge in [0.2, 0.25) is 0 Å². The first-order chi connectivity index (χ1) is 19.9. The maximum Gasteiger partial charge on any atom is 0.303 e. The highest BCUT2D eigenvalue weighted by Gasteiger charge is 2.34. The molecule has 0 amide bonds. The molecule has 3 aromatic rings. The minimum absolute atomic E-state index is 0.0717. The summed E-state index contributed by atoms with van der Waals surface area (Å²) in [5.74, 6) is 1.15. The van der Waals surface area contributed by atoms with Crippen molar-refractivity contribution < 1.29 is 41.7 Å². The first-order valence-electron chi connectivity index (χ1n) is 13.7. The molecule has 10 heteroatoms. The molecule has 0 unspecified atom stereocenters. The Balaban J connectivity index is 1.54. The Bertz CT molecular complexity index is 1560. The number of rotatable bonds is 12. The van der Waals surface area contributed by atoms with Gasteiger partial charge in [-0.05, 0) is 66.8 Å². The number of fused-ring (bicyclic) bond motifs is 1. The van der Waals surface area contributed by atoms with Crippen molar-refractivity contribution in [2.75, 3.05) is 18.6 Å². The lowest BCUT2D eigenvalue weighted by molar-refractivity contribution is -0.149. The minimum atomic E-state index is -3.03. The van der Waals surface area contributed by atoms with Crippen molar-refractivity contribution in [1.29, 1.82) is 0 Å². The molecule has 0 aliphatic carbocycles. The fraction of sp³-hybridized carbons (Fsp3) is 0.375. The molecule has 0 N–H and O–H groups in total. The number of hydrogen-bond donors (Lipinski definition) is 0. The molecule has 0 spiro atoms. The molecule has 1 aliphatic heterocycles. The van der Waals surface area contributed by atoms with E-state index in [2.05, 4.69) is 0 Å². The van der Waals surface area contributed by atoms with Crippen molar-refractivity contribution in [2.24, 2.45) is 0 Å². The second-order valence-corrected chi connectivity index (χ2v) is 12.6. The van der Waals surface area contributed by atoms with E-state index in [0.29, 0.717) is 30.3 Å². The number of esters is 2. The van der Waals surface area contributed by atoms with Crippen LogP contribution in [0, 0.1) is 6.92 Å². The summed E-state index contributed by atoms with van der Waals surface area (Å²) in [6.45, 7) is 7.14. The molecular formula is C32H36O9S. The van der Waals surface area contributed by atoms with Gasteiger partial charge in [-0.2, -0.15) is 0 Å². The lowest BCUT2D eigenvalue weighted by Crippen LogP contribution is -2.18. The SMILES string of the molecule is CC(=O)OCc1c(COc2ccc3c(c2)O[C@H](C)[C@H]3OC(C)=O)cccc1-c1ccc(OCCCS(C)(=O)=O)cc1C. The second-order valence-electron chi connectivity index (χ2n) is 10.4. The molecule has 1 heterocycles. The smallest absolute Gasteiger partial charge is 0.303 e. The Morgan fingerprint density at radius 1 is 0.905 bits per heavy atom. The largest absolute Gasteiger partial charge is 0.494 e. The molecule has 2 atom stereocenters. The quantitative estimate of drug-likeness (QED) is 0.197. The maximum atomic E-state index is 11.7. The topological polar surface area (TPSA) is 114 Å². The number of sulfone groups is 1. The van der Waals surface area contributed by atoms with E-state index in [4.69, 9.17) is 23.7 Å². The van der Waals surface area contributed by atoms with E-state index < -0.39 is 21.9 Å². The molecule has 42 heavy (non-hydrogen) atoms. The van der Waals surface area contributed by atoms with Gasteiger partial charge in [0.15, 0.2) is 6.10 Å². The van der Waals surface area contributed by atoms with Crippen molar-refractivity contribution in [3.8, 4) is 28.4 Å². The minimum Gasteiger partial charge on any atom is -0.494 e. The van der Waals surface area contributed by atoms with E-state index >= 15 is 0 Å². The summed E-state index contributed by atoms with van der Waals surface area (Å²) in [5, 5.41) is 0. The Morgan fingerprint density at radius 2 is 1.64 bits per heavy atom. The van der Waals surface area contributed by atoms with Crippen LogP contribution in [-0.4, -0.2) is 45.1 Å². The van der Waals surface area contributed by atoms with Crippen molar-refractivity contribution in [1.82, 2.24) is 0 Å². The van der Waals surface area contributed by atoms with Gasteiger partial charge in [0.1, 0.15) is 46.4 Å². The fourth-order valence-electron chi connectivity index (χ4n) is 4.86. The molecular weight excluding hydrogens is 560 g/mol. The lowest BCUT2D eigenvalue weighted by atomic mass is 9.93. The number of ether oxygens (including phenoxy) is 5. The standard InChI is InChI=1S/C32H36O9S/c1-20-16-25(37-14-7-15-42(5,35)36)10-12-27(20)28-9-6-8-24(30(28)19-38-22(3)33)18-39-26-11-13-29-31(17-26)40-21(2)32(29)41-23(4)34/h6,8-13,16-17,21,32H,7,14-15,18-19H2,1-5H3/t21-,32-/m1/s1. The number of hydrogen-bond acceptors (Lipinski definition) is 9. The maximum absolute atomic E-state index is 11.7. The van der Waals surface area contributed by atoms with E-state index in [1.165, 1.54) is 20.1 Å². The van der Waals surface area contributed by atoms with Crippen LogP contribution in [0.1, 0.15) is 55.5 Å². The van der Waals surface area contributed by atoms with E-state index in [0.717, 1.165) is 33.4 Å². The van der Waals surface area contributed by atoms with Crippen LogP contribution in [0.3, 0.4) is 0 Å². The van der Waals surface area contributed by atoms with Gasteiger partial charge < -0.3 is 23.7 Å². The van der Waals surface area contributed by atoms with Gasteiger partial charge >= 0.3 is 11.9 Å². The summed E-state index contributed by atoms with van der Waals surface area (Å²) < 4.78 is 51.4. The van der Waals surface area contributed by atoms with Crippen molar-refractivity contribution in [3.05, 3.63) is 76.9 Å². The molecule has 4 rings (SSSR count). The van der Waals surface area contributed by atoms with Gasteiger partial charge in [0.05, 0.1) is 12.4 Å². The zero-order valence-electron chi connectivity index (χ0n) is 24.5. The molecule has 3 aromatic carbocycles. The average molecular weight is 597 g/mol. The average Bonchev–Trinajstić information content (AvgIpc) is 3.21. The molecule has 0 radical (unpaired) electrons. The van der Waals surface area contributed by atoms with E-state index in [9.17, 15) is 18.0 Å². The summed E-state index contributed by atoms with van der Waals surface area (Å²) in [7, 11) is -3.03. The molecule has 224 valence electrons. The highest BCUT2D eigenvalue weighted by atomic mass is 32.2. The molecule has 0 bridgehead atoms. The Morgan fingerprint density at radius 3 is 2.33 bits per heavy atom. The van der Waals surface area contributed by atoms with E-state index in [-0.39, 0.29) is 31.0 Å². The lowest BCUT2D eigenvalue weighted by Gasteiger charge is -2.18. The third-order valence-electron chi connectivity index (χ3n) is 6.83. The monoisotopic (exact) mass is 596 g/mol. The molecule has 9 nitrogen and oxygen atoms in total. The van der Waals surface area contributed by atoms with Crippen LogP contribution in [0.15, 0.2) is 54.6 Å². The summed E-state index contributed by atoms with van der Waals surface area (Å²) in [6.07, 6.45) is 0.849. The number of aryl methyl sites for hydroxylation is 1. The molecule has 0 fully saturated rings. The van der Waals surface area contributed by atoms with Crippen LogP contribution in [0.4, 0.5) is 0 Å². The molecule has 1 aliphatic rings. The zero-order chi connectivity index (χ0) is 30.4. The van der Waals surface area contributed by atoms with E-state index in [1.807, 2.05) is 62.4 Å². The van der Waals surface area contributed by atoms with Gasteiger partial charge in [-0.15, -0.1) is 0 Å².